The molecular weight excluding hydrogens is 224 g/mol. The zero-order chi connectivity index (χ0) is 12.7. The Kier molecular flexibility index (Phi) is 4.93. The Morgan fingerprint density at radius 2 is 1.76 bits per heavy atom. The molecule has 0 radical (unpaired) electrons. The van der Waals surface area contributed by atoms with Gasteiger partial charge in [0.25, 0.3) is 0 Å². The minimum Gasteiger partial charge on any atom is -0.462 e. The summed E-state index contributed by atoms with van der Waals surface area (Å²) in [5.74, 6) is -0.393. The summed E-state index contributed by atoms with van der Waals surface area (Å²) in [5, 5.41) is 0. The predicted octanol–water partition coefficient (Wildman–Crippen LogP) is 0.851. The Bertz CT molecular complexity index is 389. The first kappa shape index (κ1) is 13.0. The van der Waals surface area contributed by atoms with Gasteiger partial charge in [-0.25, -0.2) is 9.59 Å². The maximum absolute atomic E-state index is 11.3. The van der Waals surface area contributed by atoms with Crippen LogP contribution in [0.25, 0.3) is 0 Å². The molecule has 0 aliphatic rings. The minimum atomic E-state index is -0.554. The van der Waals surface area contributed by atoms with Crippen molar-refractivity contribution in [2.45, 2.75) is 13.8 Å². The quantitative estimate of drug-likeness (QED) is 0.624. The van der Waals surface area contributed by atoms with E-state index in [2.05, 4.69) is 5.43 Å². The number of esters is 1. The molecule has 1 amide bonds. The number of carbonyl (C=O) groups is 2. The van der Waals surface area contributed by atoms with E-state index in [4.69, 9.17) is 9.47 Å². The zero-order valence-electron chi connectivity index (χ0n) is 9.80. The summed E-state index contributed by atoms with van der Waals surface area (Å²) in [5.41, 5.74) is 2.87. The second-order valence-electron chi connectivity index (χ2n) is 3.05. The van der Waals surface area contributed by atoms with Gasteiger partial charge in [-0.1, -0.05) is 10.1 Å². The lowest BCUT2D eigenvalue weighted by Gasteiger charge is -2.01. The van der Waals surface area contributed by atoms with E-state index < -0.39 is 12.1 Å². The molecule has 0 aliphatic heterocycles. The van der Waals surface area contributed by atoms with Crippen LogP contribution in [0.2, 0.25) is 0 Å². The van der Waals surface area contributed by atoms with Crippen LogP contribution in [0, 0.1) is 0 Å². The van der Waals surface area contributed by atoms with Gasteiger partial charge in [0.2, 0.25) is 12.4 Å². The summed E-state index contributed by atoms with van der Waals surface area (Å²) in [6, 6.07) is 3.09. The van der Waals surface area contributed by atoms with Gasteiger partial charge >= 0.3 is 12.1 Å². The monoisotopic (exact) mass is 239 g/mol. The van der Waals surface area contributed by atoms with Crippen molar-refractivity contribution in [1.82, 2.24) is 0 Å². The number of amides is 1. The number of nitrogens with zero attached hydrogens (tertiary/aromatic N) is 1. The van der Waals surface area contributed by atoms with Gasteiger partial charge in [-0.05, 0) is 13.8 Å². The van der Waals surface area contributed by atoms with Crippen LogP contribution in [0.3, 0.4) is 0 Å². The van der Waals surface area contributed by atoms with Gasteiger partial charge < -0.3 is 9.47 Å². The second kappa shape index (κ2) is 6.47. The van der Waals surface area contributed by atoms with Crippen LogP contribution in [0.4, 0.5) is 4.79 Å². The summed E-state index contributed by atoms with van der Waals surface area (Å²) in [7, 11) is 0. The first-order valence-electron chi connectivity index (χ1n) is 5.29. The third kappa shape index (κ3) is 4.10. The zero-order valence-corrected chi connectivity index (χ0v) is 9.80. The number of nitrogens with one attached hydrogen (secondary N) is 1. The fraction of sp³-hybridized carbons (Fsp3) is 0.364. The fourth-order valence-corrected chi connectivity index (χ4v) is 1.12. The smallest absolute Gasteiger partial charge is 0.461 e. The lowest BCUT2D eigenvalue weighted by Crippen LogP contribution is -2.48. The Labute approximate surface area is 99.1 Å². The Balaban J connectivity index is 2.61. The highest BCUT2D eigenvalue weighted by atomic mass is 16.6. The van der Waals surface area contributed by atoms with E-state index in [1.807, 2.05) is 0 Å². The number of ether oxygens (including phenoxy) is 2. The Morgan fingerprint density at radius 3 is 2.29 bits per heavy atom. The van der Waals surface area contributed by atoms with Gasteiger partial charge in [-0.2, -0.15) is 0 Å². The summed E-state index contributed by atoms with van der Waals surface area (Å²) in [6.07, 6.45) is 2.51. The van der Waals surface area contributed by atoms with Crippen LogP contribution < -0.4 is 10.1 Å². The fourth-order valence-electron chi connectivity index (χ4n) is 1.12. The van der Waals surface area contributed by atoms with Crippen LogP contribution in [-0.4, -0.2) is 25.3 Å². The number of pyridine rings is 1. The number of aromatic nitrogens is 1. The average molecular weight is 239 g/mol. The molecule has 6 nitrogen and oxygen atoms in total. The summed E-state index contributed by atoms with van der Waals surface area (Å²) in [6.45, 7) is 4.08. The van der Waals surface area contributed by atoms with E-state index in [1.54, 1.807) is 26.0 Å². The summed E-state index contributed by atoms with van der Waals surface area (Å²) < 4.78 is 10.9. The summed E-state index contributed by atoms with van der Waals surface area (Å²) >= 11 is 0. The molecule has 1 heterocycles. The molecule has 1 aromatic heterocycles. The molecule has 0 fully saturated rings. The van der Waals surface area contributed by atoms with Crippen LogP contribution in [0.15, 0.2) is 24.5 Å². The van der Waals surface area contributed by atoms with Crippen LogP contribution in [-0.2, 0) is 9.47 Å². The first-order valence-corrected chi connectivity index (χ1v) is 5.29. The van der Waals surface area contributed by atoms with E-state index in [0.29, 0.717) is 18.8 Å². The number of carbonyl (C=O) groups excluding carboxylic acids is 2. The van der Waals surface area contributed by atoms with Crippen molar-refractivity contribution >= 4 is 12.1 Å². The highest BCUT2D eigenvalue weighted by molar-refractivity contribution is 5.89. The Hall–Kier alpha value is -2.11. The molecule has 0 bridgehead atoms. The van der Waals surface area contributed by atoms with Gasteiger partial charge in [0.15, 0.2) is 0 Å². The number of hydrogen-bond acceptors (Lipinski definition) is 4. The summed E-state index contributed by atoms with van der Waals surface area (Å²) in [4.78, 5) is 22.4. The lowest BCUT2D eigenvalue weighted by atomic mass is 10.3. The van der Waals surface area contributed by atoms with Gasteiger partial charge in [0, 0.05) is 12.1 Å². The van der Waals surface area contributed by atoms with Crippen LogP contribution in [0.1, 0.15) is 24.2 Å². The molecule has 0 saturated heterocycles. The molecule has 1 rings (SSSR count). The van der Waals surface area contributed by atoms with Gasteiger partial charge in [0.05, 0.1) is 18.8 Å². The maximum Gasteiger partial charge on any atom is 0.461 e. The third-order valence-corrected chi connectivity index (χ3v) is 1.84. The van der Waals surface area contributed by atoms with Crippen molar-refractivity contribution in [3.8, 4) is 0 Å². The largest absolute Gasteiger partial charge is 0.462 e. The standard InChI is InChI=1S/C11H14N2O4/c1-3-16-10(14)9-5-7-13(8-6-9)12-11(15)17-4-2/h5-8H,3-4H2,1-2H3/p+1. The molecule has 17 heavy (non-hydrogen) atoms. The first-order chi connectivity index (χ1) is 8.17. The molecule has 0 aromatic carbocycles. The molecule has 0 spiro atoms. The van der Waals surface area contributed by atoms with Crippen molar-refractivity contribution < 1.29 is 23.7 Å². The number of rotatable bonds is 4. The SMILES string of the molecule is CCOC(=O)N[n+]1ccc(C(=O)OCC)cc1. The predicted molar refractivity (Wildman–Crippen MR) is 59.0 cm³/mol. The van der Waals surface area contributed by atoms with E-state index in [0.717, 1.165) is 0 Å². The van der Waals surface area contributed by atoms with E-state index >= 15 is 0 Å². The van der Waals surface area contributed by atoms with E-state index in [9.17, 15) is 9.59 Å². The third-order valence-electron chi connectivity index (χ3n) is 1.84. The van der Waals surface area contributed by atoms with E-state index in [1.165, 1.54) is 17.1 Å². The van der Waals surface area contributed by atoms with Gasteiger partial charge in [0.1, 0.15) is 0 Å². The topological polar surface area (TPSA) is 68.5 Å². The molecule has 0 aliphatic carbocycles. The molecule has 0 saturated carbocycles. The Morgan fingerprint density at radius 1 is 1.18 bits per heavy atom. The normalized spacial score (nSPS) is 9.53. The van der Waals surface area contributed by atoms with Crippen molar-refractivity contribution in [2.75, 3.05) is 18.6 Å². The average Bonchev–Trinajstić information content (AvgIpc) is 2.30. The molecule has 6 heteroatoms. The second-order valence-corrected chi connectivity index (χ2v) is 3.05. The van der Waals surface area contributed by atoms with Gasteiger partial charge in [-0.15, -0.1) is 0 Å². The van der Waals surface area contributed by atoms with Crippen LogP contribution in [0.5, 0.6) is 0 Å². The van der Waals surface area contributed by atoms with E-state index in [-0.39, 0.29) is 0 Å². The molecular formula is C11H15N2O4+. The molecule has 1 N–H and O–H groups in total. The highest BCUT2D eigenvalue weighted by Crippen LogP contribution is 1.97. The van der Waals surface area contributed by atoms with Crippen molar-refractivity contribution in [3.05, 3.63) is 30.1 Å². The molecule has 92 valence electrons. The molecule has 0 atom stereocenters. The van der Waals surface area contributed by atoms with Crippen LogP contribution >= 0.6 is 0 Å². The number of hydrogen-bond donors (Lipinski definition) is 1. The molecule has 1 aromatic rings. The van der Waals surface area contributed by atoms with Crippen molar-refractivity contribution in [2.24, 2.45) is 0 Å². The minimum absolute atomic E-state index is 0.299. The van der Waals surface area contributed by atoms with Crippen molar-refractivity contribution in [3.63, 3.8) is 0 Å². The van der Waals surface area contributed by atoms with Gasteiger partial charge in [-0.3, -0.25) is 0 Å². The molecule has 0 unspecified atom stereocenters. The maximum atomic E-state index is 11.3. The van der Waals surface area contributed by atoms with Crippen molar-refractivity contribution in [1.29, 1.82) is 0 Å². The lowest BCUT2D eigenvalue weighted by molar-refractivity contribution is -0.642. The highest BCUT2D eigenvalue weighted by Gasteiger charge is 2.11.